The zero-order valence-corrected chi connectivity index (χ0v) is 16.4. The van der Waals surface area contributed by atoms with Gasteiger partial charge in [0.15, 0.2) is 0 Å². The molecule has 0 fully saturated rings. The van der Waals surface area contributed by atoms with Crippen LogP contribution in [0.2, 0.25) is 5.02 Å². The molecule has 1 aromatic heterocycles. The number of hydrogen-bond acceptors (Lipinski definition) is 5. The second-order valence-corrected chi connectivity index (χ2v) is 7.00. The van der Waals surface area contributed by atoms with Gasteiger partial charge in [0.05, 0.1) is 17.6 Å². The number of nitrogens with one attached hydrogen (secondary N) is 2. The van der Waals surface area contributed by atoms with Gasteiger partial charge in [-0.15, -0.1) is 11.3 Å². The van der Waals surface area contributed by atoms with Gasteiger partial charge in [-0.3, -0.25) is 9.59 Å². The predicted molar refractivity (Wildman–Crippen MR) is 103 cm³/mol. The molecule has 2 amide bonds. The van der Waals surface area contributed by atoms with Crippen LogP contribution in [0, 0.1) is 13.8 Å². The number of carbonyl (C=O) groups is 3. The molecule has 8 heteroatoms. The number of carbonyl (C=O) groups excluding carboxylic acids is 3. The Labute approximate surface area is 160 Å². The molecular formula is C18H19ClN2O4S. The van der Waals surface area contributed by atoms with Gasteiger partial charge in [-0.1, -0.05) is 24.6 Å². The van der Waals surface area contributed by atoms with Crippen LogP contribution in [0.1, 0.15) is 44.5 Å². The predicted octanol–water partition coefficient (Wildman–Crippen LogP) is 4.41. The van der Waals surface area contributed by atoms with Crippen molar-refractivity contribution < 1.29 is 19.1 Å². The Morgan fingerprint density at radius 1 is 1.19 bits per heavy atom. The standard InChI is InChI=1S/C18H19ClN2O4S/c1-5-13(22)21-17-14(18(24)25-4)10(3)15(26-17)16(23)20-11-7-6-9(2)12(19)8-11/h6-8H,5H2,1-4H3,(H,20,23)(H,21,22). The monoisotopic (exact) mass is 394 g/mol. The summed E-state index contributed by atoms with van der Waals surface area (Å²) < 4.78 is 4.78. The zero-order chi connectivity index (χ0) is 19.4. The highest BCUT2D eigenvalue weighted by atomic mass is 35.5. The molecule has 138 valence electrons. The first kappa shape index (κ1) is 19.9. The Kier molecular flexibility index (Phi) is 6.39. The lowest BCUT2D eigenvalue weighted by atomic mass is 10.1. The van der Waals surface area contributed by atoms with Crippen LogP contribution >= 0.6 is 22.9 Å². The number of hydrogen-bond donors (Lipinski definition) is 2. The van der Waals surface area contributed by atoms with Crippen LogP contribution in [0.4, 0.5) is 10.7 Å². The van der Waals surface area contributed by atoms with E-state index in [1.807, 2.05) is 6.92 Å². The molecule has 0 aliphatic carbocycles. The van der Waals surface area contributed by atoms with E-state index < -0.39 is 11.9 Å². The molecule has 1 heterocycles. The number of benzene rings is 1. The van der Waals surface area contributed by atoms with E-state index in [2.05, 4.69) is 10.6 Å². The third-order valence-electron chi connectivity index (χ3n) is 3.75. The number of rotatable bonds is 5. The molecule has 2 rings (SSSR count). The maximum absolute atomic E-state index is 12.7. The summed E-state index contributed by atoms with van der Waals surface area (Å²) in [6.45, 7) is 5.20. The van der Waals surface area contributed by atoms with Crippen molar-refractivity contribution in [3.63, 3.8) is 0 Å². The molecular weight excluding hydrogens is 376 g/mol. The average molecular weight is 395 g/mol. The van der Waals surface area contributed by atoms with Crippen molar-refractivity contribution in [1.82, 2.24) is 0 Å². The van der Waals surface area contributed by atoms with Crippen molar-refractivity contribution >= 4 is 51.4 Å². The number of methoxy groups -OCH3 is 1. The molecule has 26 heavy (non-hydrogen) atoms. The number of ether oxygens (including phenoxy) is 1. The van der Waals surface area contributed by atoms with E-state index in [1.54, 1.807) is 32.0 Å². The van der Waals surface area contributed by atoms with Gasteiger partial charge < -0.3 is 15.4 Å². The molecule has 0 aliphatic rings. The van der Waals surface area contributed by atoms with Crippen LogP contribution in [0.15, 0.2) is 18.2 Å². The molecule has 0 aliphatic heterocycles. The van der Waals surface area contributed by atoms with E-state index >= 15 is 0 Å². The average Bonchev–Trinajstić information content (AvgIpc) is 2.93. The van der Waals surface area contributed by atoms with Crippen LogP contribution in [0.25, 0.3) is 0 Å². The van der Waals surface area contributed by atoms with E-state index in [0.717, 1.165) is 16.9 Å². The van der Waals surface area contributed by atoms with Crippen LogP contribution in [0.5, 0.6) is 0 Å². The lowest BCUT2D eigenvalue weighted by Gasteiger charge is -2.06. The van der Waals surface area contributed by atoms with Crippen molar-refractivity contribution in [2.75, 3.05) is 17.7 Å². The summed E-state index contributed by atoms with van der Waals surface area (Å²) in [6.07, 6.45) is 0.251. The Morgan fingerprint density at radius 3 is 2.46 bits per heavy atom. The Balaban J connectivity index is 2.38. The number of thiophene rings is 1. The van der Waals surface area contributed by atoms with Crippen molar-refractivity contribution in [2.45, 2.75) is 27.2 Å². The maximum Gasteiger partial charge on any atom is 0.341 e. The van der Waals surface area contributed by atoms with Crippen LogP contribution in [0.3, 0.4) is 0 Å². The first-order valence-electron chi connectivity index (χ1n) is 7.87. The van der Waals surface area contributed by atoms with Gasteiger partial charge >= 0.3 is 5.97 Å². The highest BCUT2D eigenvalue weighted by Crippen LogP contribution is 2.34. The van der Waals surface area contributed by atoms with E-state index in [4.69, 9.17) is 16.3 Å². The quantitative estimate of drug-likeness (QED) is 0.736. The second-order valence-electron chi connectivity index (χ2n) is 5.57. The van der Waals surface area contributed by atoms with E-state index in [0.29, 0.717) is 26.2 Å². The van der Waals surface area contributed by atoms with Gasteiger partial charge in [0.1, 0.15) is 5.00 Å². The molecule has 2 aromatic rings. The minimum atomic E-state index is -0.609. The molecule has 0 spiro atoms. The Hall–Kier alpha value is -2.38. The highest BCUT2D eigenvalue weighted by molar-refractivity contribution is 7.18. The minimum Gasteiger partial charge on any atom is -0.465 e. The summed E-state index contributed by atoms with van der Waals surface area (Å²) in [4.78, 5) is 36.8. The summed E-state index contributed by atoms with van der Waals surface area (Å²) >= 11 is 7.11. The van der Waals surface area contributed by atoms with E-state index in [-0.39, 0.29) is 17.9 Å². The lowest BCUT2D eigenvalue weighted by Crippen LogP contribution is -2.13. The topological polar surface area (TPSA) is 84.5 Å². The van der Waals surface area contributed by atoms with Crippen LogP contribution < -0.4 is 10.6 Å². The van der Waals surface area contributed by atoms with E-state index in [1.165, 1.54) is 7.11 Å². The van der Waals surface area contributed by atoms with Gasteiger partial charge in [0, 0.05) is 17.1 Å². The molecule has 6 nitrogen and oxygen atoms in total. The van der Waals surface area contributed by atoms with Crippen molar-refractivity contribution in [2.24, 2.45) is 0 Å². The van der Waals surface area contributed by atoms with Crippen molar-refractivity contribution in [3.8, 4) is 0 Å². The lowest BCUT2D eigenvalue weighted by molar-refractivity contribution is -0.115. The first-order valence-corrected chi connectivity index (χ1v) is 9.07. The fraction of sp³-hybridized carbons (Fsp3) is 0.278. The number of anilines is 2. The fourth-order valence-corrected chi connectivity index (χ4v) is 3.53. The summed E-state index contributed by atoms with van der Waals surface area (Å²) in [5.41, 5.74) is 2.07. The van der Waals surface area contributed by atoms with Gasteiger partial charge in [0.25, 0.3) is 5.91 Å². The third kappa shape index (κ3) is 4.23. The Morgan fingerprint density at radius 2 is 1.88 bits per heavy atom. The third-order valence-corrected chi connectivity index (χ3v) is 5.36. The van der Waals surface area contributed by atoms with Crippen molar-refractivity contribution in [3.05, 3.63) is 44.8 Å². The smallest absolute Gasteiger partial charge is 0.341 e. The van der Waals surface area contributed by atoms with Crippen LogP contribution in [-0.2, 0) is 9.53 Å². The summed E-state index contributed by atoms with van der Waals surface area (Å²) in [5, 5.41) is 6.24. The summed E-state index contributed by atoms with van der Waals surface area (Å²) in [5.74, 6) is -1.26. The number of amides is 2. The molecule has 0 radical (unpaired) electrons. The van der Waals surface area contributed by atoms with Gasteiger partial charge in [0.2, 0.25) is 5.91 Å². The molecule has 0 bridgehead atoms. The van der Waals surface area contributed by atoms with Crippen molar-refractivity contribution in [1.29, 1.82) is 0 Å². The fourth-order valence-electron chi connectivity index (χ4n) is 2.24. The first-order chi connectivity index (χ1) is 12.3. The number of esters is 1. The zero-order valence-electron chi connectivity index (χ0n) is 14.9. The highest BCUT2D eigenvalue weighted by Gasteiger charge is 2.26. The molecule has 0 saturated carbocycles. The normalized spacial score (nSPS) is 10.3. The summed E-state index contributed by atoms with van der Waals surface area (Å²) in [7, 11) is 1.25. The molecule has 0 saturated heterocycles. The molecule has 0 atom stereocenters. The SMILES string of the molecule is CCC(=O)Nc1sc(C(=O)Nc2ccc(C)c(Cl)c2)c(C)c1C(=O)OC. The second kappa shape index (κ2) is 8.33. The minimum absolute atomic E-state index is 0.186. The molecule has 0 unspecified atom stereocenters. The number of halogens is 1. The molecule has 2 N–H and O–H groups in total. The molecule has 1 aromatic carbocycles. The van der Waals surface area contributed by atoms with Gasteiger partial charge in [-0.25, -0.2) is 4.79 Å². The maximum atomic E-state index is 12.7. The Bertz CT molecular complexity index is 876. The largest absolute Gasteiger partial charge is 0.465 e. The van der Waals surface area contributed by atoms with E-state index in [9.17, 15) is 14.4 Å². The van der Waals surface area contributed by atoms with Gasteiger partial charge in [-0.05, 0) is 37.1 Å². The summed E-state index contributed by atoms with van der Waals surface area (Å²) in [6, 6.07) is 5.19. The number of aryl methyl sites for hydroxylation is 1. The van der Waals surface area contributed by atoms with Crippen LogP contribution in [-0.4, -0.2) is 24.9 Å². The van der Waals surface area contributed by atoms with Gasteiger partial charge in [-0.2, -0.15) is 0 Å².